The van der Waals surface area contributed by atoms with Crippen LogP contribution in [0.3, 0.4) is 0 Å². The molecular formula is C14H16F4NO6S2-. The van der Waals surface area contributed by atoms with E-state index in [1.165, 1.54) is 0 Å². The maximum absolute atomic E-state index is 14.4. The molecule has 27 heavy (non-hydrogen) atoms. The number of benzene rings is 1. The van der Waals surface area contributed by atoms with Crippen molar-refractivity contribution >= 4 is 32.8 Å². The number of methoxy groups -OCH3 is 1. The molecule has 1 unspecified atom stereocenters. The van der Waals surface area contributed by atoms with Crippen molar-refractivity contribution < 1.29 is 44.3 Å². The van der Waals surface area contributed by atoms with E-state index >= 15 is 0 Å². The fraction of sp³-hybridized carbons (Fsp3) is 0.500. The van der Waals surface area contributed by atoms with Gasteiger partial charge < -0.3 is 9.29 Å². The zero-order chi connectivity index (χ0) is 20.8. The molecule has 0 radical (unpaired) electrons. The zero-order valence-corrected chi connectivity index (χ0v) is 15.6. The molecule has 0 spiro atoms. The van der Waals surface area contributed by atoms with Crippen molar-refractivity contribution in [1.82, 2.24) is 0 Å². The molecule has 0 aromatic heterocycles. The molecule has 0 aliphatic rings. The van der Waals surface area contributed by atoms with Crippen LogP contribution in [0.4, 0.5) is 23.2 Å². The molecule has 0 heterocycles. The van der Waals surface area contributed by atoms with E-state index in [4.69, 9.17) is 0 Å². The Morgan fingerprint density at radius 2 is 1.93 bits per heavy atom. The molecule has 0 saturated heterocycles. The van der Waals surface area contributed by atoms with Crippen LogP contribution in [-0.2, 0) is 25.8 Å². The van der Waals surface area contributed by atoms with E-state index in [1.54, 1.807) is 0 Å². The van der Waals surface area contributed by atoms with E-state index in [1.807, 2.05) is 0 Å². The van der Waals surface area contributed by atoms with Crippen molar-refractivity contribution in [2.24, 2.45) is 0 Å². The summed E-state index contributed by atoms with van der Waals surface area (Å²) < 4.78 is 103. The highest BCUT2D eigenvalue weighted by Gasteiger charge is 2.24. The Kier molecular flexibility index (Phi) is 8.62. The van der Waals surface area contributed by atoms with Crippen LogP contribution in [0.1, 0.15) is 23.2 Å². The largest absolute Gasteiger partial charge is 0.755 e. The first-order valence-corrected chi connectivity index (χ1v) is 10.3. The van der Waals surface area contributed by atoms with Crippen molar-refractivity contribution in [1.29, 1.82) is 0 Å². The van der Waals surface area contributed by atoms with Crippen molar-refractivity contribution in [2.45, 2.75) is 19.3 Å². The van der Waals surface area contributed by atoms with Crippen LogP contribution in [0.25, 0.3) is 0 Å². The van der Waals surface area contributed by atoms with E-state index in [0.29, 0.717) is 10.4 Å². The molecule has 1 aromatic carbocycles. The Balaban J connectivity index is 2.98. The van der Waals surface area contributed by atoms with E-state index in [0.717, 1.165) is 13.2 Å². The smallest absolute Gasteiger partial charge is 0.343 e. The van der Waals surface area contributed by atoms with E-state index in [2.05, 4.69) is 4.74 Å². The Bertz CT molecular complexity index is 803. The number of carbonyl (C=O) groups excluding carboxylic acids is 1. The fourth-order valence-corrected chi connectivity index (χ4v) is 3.99. The highest BCUT2D eigenvalue weighted by molar-refractivity contribution is 7.91. The average molecular weight is 434 g/mol. The number of anilines is 1. The summed E-state index contributed by atoms with van der Waals surface area (Å²) in [7, 11) is -2.98. The van der Waals surface area contributed by atoms with Crippen molar-refractivity contribution in [3.05, 3.63) is 29.3 Å². The third kappa shape index (κ3) is 6.74. The molecule has 13 heteroatoms. The van der Waals surface area contributed by atoms with Crippen LogP contribution >= 0.6 is 0 Å². The maximum Gasteiger partial charge on any atom is 0.343 e. The predicted octanol–water partition coefficient (Wildman–Crippen LogP) is 1.81. The van der Waals surface area contributed by atoms with Gasteiger partial charge in [0.1, 0.15) is 11.4 Å². The number of esters is 1. The molecular weight excluding hydrogens is 418 g/mol. The fourth-order valence-electron chi connectivity index (χ4n) is 2.10. The van der Waals surface area contributed by atoms with Crippen LogP contribution < -0.4 is 4.31 Å². The van der Waals surface area contributed by atoms with E-state index in [-0.39, 0.29) is 6.42 Å². The molecule has 0 aliphatic heterocycles. The lowest BCUT2D eigenvalue weighted by Crippen LogP contribution is -2.30. The number of hydrogen-bond acceptors (Lipinski definition) is 6. The van der Waals surface area contributed by atoms with Gasteiger partial charge in [-0.3, -0.25) is 8.51 Å². The highest BCUT2D eigenvalue weighted by atomic mass is 32.2. The number of hydrogen-bond donors (Lipinski definition) is 0. The monoisotopic (exact) mass is 434 g/mol. The molecule has 0 bridgehead atoms. The summed E-state index contributed by atoms with van der Waals surface area (Å²) in [4.78, 5) is 11.5. The van der Waals surface area contributed by atoms with E-state index < -0.39 is 80.9 Å². The molecule has 0 aliphatic carbocycles. The second kappa shape index (κ2) is 9.99. The molecule has 0 saturated carbocycles. The van der Waals surface area contributed by atoms with Crippen molar-refractivity contribution in [3.8, 4) is 0 Å². The SMILES string of the molecule is COC(=O)c1c(F)ccc(N(CCCS(=O)(=O)CCC(F)F)S(=O)[O-])c1F. The first-order valence-electron chi connectivity index (χ1n) is 7.42. The van der Waals surface area contributed by atoms with Gasteiger partial charge in [-0.1, -0.05) is 0 Å². The van der Waals surface area contributed by atoms with Gasteiger partial charge in [-0.25, -0.2) is 30.8 Å². The summed E-state index contributed by atoms with van der Waals surface area (Å²) in [5.74, 6) is -5.51. The number of nitrogens with zero attached hydrogens (tertiary/aromatic N) is 1. The number of ether oxygens (including phenoxy) is 1. The highest BCUT2D eigenvalue weighted by Crippen LogP contribution is 2.26. The van der Waals surface area contributed by atoms with Gasteiger partial charge in [0.2, 0.25) is 6.43 Å². The average Bonchev–Trinajstić information content (AvgIpc) is 2.57. The van der Waals surface area contributed by atoms with Crippen LogP contribution in [0.5, 0.6) is 0 Å². The first kappa shape index (κ1) is 23.3. The summed E-state index contributed by atoms with van der Waals surface area (Å²) in [6.45, 7) is -0.535. The lowest BCUT2D eigenvalue weighted by atomic mass is 10.1. The molecule has 1 atom stereocenters. The van der Waals surface area contributed by atoms with Crippen LogP contribution in [0.2, 0.25) is 0 Å². The number of alkyl halides is 2. The number of halogens is 4. The van der Waals surface area contributed by atoms with Crippen LogP contribution in [-0.4, -0.2) is 54.7 Å². The van der Waals surface area contributed by atoms with Crippen LogP contribution in [0.15, 0.2) is 12.1 Å². The summed E-state index contributed by atoms with van der Waals surface area (Å²) in [6, 6.07) is 1.42. The molecule has 1 aromatic rings. The molecule has 0 amide bonds. The quantitative estimate of drug-likeness (QED) is 0.316. The summed E-state index contributed by atoms with van der Waals surface area (Å²) in [6.07, 6.45) is -3.98. The lowest BCUT2D eigenvalue weighted by Gasteiger charge is -2.27. The zero-order valence-electron chi connectivity index (χ0n) is 14.0. The Morgan fingerprint density at radius 1 is 1.30 bits per heavy atom. The van der Waals surface area contributed by atoms with Gasteiger partial charge in [-0.05, 0) is 18.6 Å². The lowest BCUT2D eigenvalue weighted by molar-refractivity contribution is 0.0590. The Morgan fingerprint density at radius 3 is 2.44 bits per heavy atom. The normalized spacial score (nSPS) is 12.9. The van der Waals surface area contributed by atoms with Crippen LogP contribution in [0, 0.1) is 11.6 Å². The first-order chi connectivity index (χ1) is 12.5. The molecule has 1 rings (SSSR count). The Labute approximate surface area is 155 Å². The number of sulfone groups is 1. The van der Waals surface area contributed by atoms with Gasteiger partial charge in [-0.15, -0.1) is 0 Å². The minimum atomic E-state index is -3.86. The van der Waals surface area contributed by atoms with Gasteiger partial charge >= 0.3 is 5.97 Å². The summed E-state index contributed by atoms with van der Waals surface area (Å²) in [5.41, 5.74) is -1.79. The molecule has 0 N–H and O–H groups in total. The van der Waals surface area contributed by atoms with Gasteiger partial charge in [-0.2, -0.15) is 0 Å². The van der Waals surface area contributed by atoms with Gasteiger partial charge in [0.25, 0.3) is 0 Å². The predicted molar refractivity (Wildman–Crippen MR) is 87.9 cm³/mol. The third-order valence-corrected chi connectivity index (χ3v) is 5.88. The molecule has 0 fully saturated rings. The third-order valence-electron chi connectivity index (χ3n) is 3.37. The van der Waals surface area contributed by atoms with Gasteiger partial charge in [0, 0.05) is 24.2 Å². The minimum Gasteiger partial charge on any atom is -0.755 e. The standard InChI is InChI=1S/C14H17F4NO6S2/c1-25-14(20)12-9(15)3-4-10(13(12)18)19(26(21)22)6-2-7-27(23,24)8-5-11(16)17/h3-4,11H,2,5-8H2,1H3,(H,21,22)/p-1. The van der Waals surface area contributed by atoms with Gasteiger partial charge in [0.05, 0.1) is 24.3 Å². The van der Waals surface area contributed by atoms with Crippen molar-refractivity contribution in [3.63, 3.8) is 0 Å². The van der Waals surface area contributed by atoms with Crippen molar-refractivity contribution in [2.75, 3.05) is 29.5 Å². The number of rotatable bonds is 10. The summed E-state index contributed by atoms with van der Waals surface area (Å²) in [5, 5.41) is 0. The van der Waals surface area contributed by atoms with Gasteiger partial charge in [0.15, 0.2) is 15.7 Å². The second-order valence-electron chi connectivity index (χ2n) is 5.25. The Hall–Kier alpha value is -1.73. The number of carbonyl (C=O) groups is 1. The molecule has 7 nitrogen and oxygen atoms in total. The topological polar surface area (TPSA) is 104 Å². The second-order valence-corrected chi connectivity index (χ2v) is 8.43. The minimum absolute atomic E-state index is 0.329. The summed E-state index contributed by atoms with van der Waals surface area (Å²) >= 11 is -3.08. The van der Waals surface area contributed by atoms with E-state index in [9.17, 15) is 39.5 Å². The maximum atomic E-state index is 14.4. The molecule has 154 valence electrons.